The van der Waals surface area contributed by atoms with Gasteiger partial charge in [-0.15, -0.1) is 0 Å². The molecular formula is C30H44Cl4N6O7S2. The Morgan fingerprint density at radius 2 is 1.02 bits per heavy atom. The highest BCUT2D eigenvalue weighted by molar-refractivity contribution is 7.92. The lowest BCUT2D eigenvalue weighted by atomic mass is 10.4. The molecule has 0 spiro atoms. The van der Waals surface area contributed by atoms with E-state index in [1.165, 1.54) is 46.2 Å². The fourth-order valence-corrected chi connectivity index (χ4v) is 9.18. The van der Waals surface area contributed by atoms with Crippen LogP contribution in [-0.2, 0) is 19.7 Å². The highest BCUT2D eigenvalue weighted by atomic mass is 35.5. The summed E-state index contributed by atoms with van der Waals surface area (Å²) in [5.74, 6) is 0. The van der Waals surface area contributed by atoms with E-state index in [2.05, 4.69) is 10.6 Å². The van der Waals surface area contributed by atoms with Gasteiger partial charge in [0.2, 0.25) is 0 Å². The molecule has 49 heavy (non-hydrogen) atoms. The predicted molar refractivity (Wildman–Crippen MR) is 195 cm³/mol. The molecule has 4 rings (SSSR count). The number of amides is 4. The average molecular weight is 807 g/mol. The van der Waals surface area contributed by atoms with Gasteiger partial charge in [0.15, 0.2) is 19.7 Å². The molecule has 19 heteroatoms. The Morgan fingerprint density at radius 1 is 0.673 bits per heavy atom. The van der Waals surface area contributed by atoms with E-state index >= 15 is 0 Å². The highest BCUT2D eigenvalue weighted by Crippen LogP contribution is 2.31. The second-order valence-electron chi connectivity index (χ2n) is 12.0. The standard InChI is InChI=1S/2C15H21Cl2N3O3S.H2O/c2*1-19(2)8-6-18-15(21)20-7-5-12(10-20)24(22,23)11-3-4-13(16)14(17)9-11;/h2*3-4,9,12H,5-8,10H2,1-2H3,(H,18,21);1H2. The van der Waals surface area contributed by atoms with Crippen LogP contribution in [0.1, 0.15) is 12.8 Å². The number of likely N-dealkylation sites (N-methyl/N-ethyl adjacent to an activating group) is 2. The number of benzene rings is 2. The van der Waals surface area contributed by atoms with Crippen molar-refractivity contribution in [1.82, 2.24) is 30.2 Å². The molecule has 2 aliphatic heterocycles. The van der Waals surface area contributed by atoms with Gasteiger partial charge in [0.1, 0.15) is 0 Å². The lowest BCUT2D eigenvalue weighted by molar-refractivity contribution is 0.207. The first-order valence-electron chi connectivity index (χ1n) is 15.2. The van der Waals surface area contributed by atoms with E-state index in [9.17, 15) is 26.4 Å². The Kier molecular flexibility index (Phi) is 16.7. The minimum atomic E-state index is -3.55. The number of likely N-dealkylation sites (tertiary alicyclic amines) is 2. The Labute approximate surface area is 308 Å². The molecule has 0 radical (unpaired) electrons. The summed E-state index contributed by atoms with van der Waals surface area (Å²) < 4.78 is 50.8. The number of sulfone groups is 2. The summed E-state index contributed by atoms with van der Waals surface area (Å²) in [5, 5.41) is 5.36. The third-order valence-corrected chi connectivity index (χ3v) is 13.7. The second kappa shape index (κ2) is 19.0. The van der Waals surface area contributed by atoms with Crippen LogP contribution in [0.25, 0.3) is 0 Å². The molecule has 2 heterocycles. The van der Waals surface area contributed by atoms with Crippen LogP contribution in [0.2, 0.25) is 20.1 Å². The number of hydrogen-bond donors (Lipinski definition) is 2. The molecule has 276 valence electrons. The summed E-state index contributed by atoms with van der Waals surface area (Å²) in [7, 11) is 0.571. The van der Waals surface area contributed by atoms with Crippen molar-refractivity contribution < 1.29 is 31.9 Å². The summed E-state index contributed by atoms with van der Waals surface area (Å²) in [4.78, 5) is 31.5. The summed E-state index contributed by atoms with van der Waals surface area (Å²) in [6.07, 6.45) is 0.813. The van der Waals surface area contributed by atoms with Gasteiger partial charge < -0.3 is 35.7 Å². The minimum absolute atomic E-state index is 0. The molecule has 0 aliphatic carbocycles. The van der Waals surface area contributed by atoms with Gasteiger partial charge in [-0.25, -0.2) is 26.4 Å². The normalized spacial score (nSPS) is 17.8. The first-order chi connectivity index (χ1) is 22.4. The summed E-state index contributed by atoms with van der Waals surface area (Å²) in [5.41, 5.74) is 0. The molecule has 2 aromatic rings. The quantitative estimate of drug-likeness (QED) is 0.368. The third-order valence-electron chi connectivity index (χ3n) is 7.85. The van der Waals surface area contributed by atoms with E-state index in [0.717, 1.165) is 13.1 Å². The van der Waals surface area contributed by atoms with Crippen LogP contribution in [0.3, 0.4) is 0 Å². The fourth-order valence-electron chi connectivity index (χ4n) is 5.02. The van der Waals surface area contributed by atoms with Crippen molar-refractivity contribution in [2.75, 3.05) is 80.5 Å². The van der Waals surface area contributed by atoms with Crippen LogP contribution in [0.15, 0.2) is 46.2 Å². The van der Waals surface area contributed by atoms with Gasteiger partial charge in [-0.2, -0.15) is 0 Å². The molecular weight excluding hydrogens is 762 g/mol. The monoisotopic (exact) mass is 804 g/mol. The van der Waals surface area contributed by atoms with Gasteiger partial charge in [-0.1, -0.05) is 46.4 Å². The number of carbonyl (C=O) groups excluding carboxylic acids is 2. The lowest BCUT2D eigenvalue weighted by Crippen LogP contribution is -2.42. The summed E-state index contributed by atoms with van der Waals surface area (Å²) in [6, 6.07) is 8.09. The van der Waals surface area contributed by atoms with Crippen molar-refractivity contribution >= 4 is 78.1 Å². The molecule has 2 unspecified atom stereocenters. The fraction of sp³-hybridized carbons (Fsp3) is 0.533. The highest BCUT2D eigenvalue weighted by Gasteiger charge is 2.37. The molecule has 2 atom stereocenters. The zero-order chi connectivity index (χ0) is 35.8. The van der Waals surface area contributed by atoms with E-state index in [1.54, 1.807) is 0 Å². The molecule has 2 aromatic carbocycles. The van der Waals surface area contributed by atoms with Crippen molar-refractivity contribution in [3.05, 3.63) is 56.5 Å². The van der Waals surface area contributed by atoms with Crippen molar-refractivity contribution in [3.8, 4) is 0 Å². The Morgan fingerprint density at radius 3 is 1.33 bits per heavy atom. The number of halogens is 4. The molecule has 4 amide bonds. The van der Waals surface area contributed by atoms with Gasteiger partial charge in [-0.05, 0) is 77.4 Å². The smallest absolute Gasteiger partial charge is 0.317 e. The Balaban J connectivity index is 0.000000333. The van der Waals surface area contributed by atoms with Crippen LogP contribution >= 0.6 is 46.4 Å². The van der Waals surface area contributed by atoms with Crippen LogP contribution in [0.5, 0.6) is 0 Å². The van der Waals surface area contributed by atoms with E-state index in [-0.39, 0.29) is 50.5 Å². The number of urea groups is 2. The Bertz CT molecular complexity index is 1540. The first kappa shape index (κ1) is 43.1. The number of nitrogens with one attached hydrogen (secondary N) is 2. The molecule has 0 bridgehead atoms. The number of carbonyl (C=O) groups is 2. The van der Waals surface area contributed by atoms with E-state index in [0.29, 0.717) is 49.1 Å². The van der Waals surface area contributed by atoms with Gasteiger partial charge in [-0.3, -0.25) is 0 Å². The molecule has 2 aliphatic rings. The van der Waals surface area contributed by atoms with Gasteiger partial charge in [0, 0.05) is 52.4 Å². The maximum Gasteiger partial charge on any atom is 0.317 e. The SMILES string of the molecule is CN(C)CCNC(=O)N1CCC(S(=O)(=O)c2ccc(Cl)c(Cl)c2)C1.CN(C)CCNC(=O)N1CCC(S(=O)(=O)c2ccc(Cl)c(Cl)c2)C1.O. The topological polar surface area (TPSA) is 171 Å². The molecule has 0 saturated carbocycles. The average Bonchev–Trinajstić information content (AvgIpc) is 3.72. The molecule has 13 nitrogen and oxygen atoms in total. The van der Waals surface area contributed by atoms with Gasteiger partial charge >= 0.3 is 12.1 Å². The number of hydrogen-bond acceptors (Lipinski definition) is 8. The van der Waals surface area contributed by atoms with Crippen molar-refractivity contribution in [2.24, 2.45) is 0 Å². The van der Waals surface area contributed by atoms with Crippen LogP contribution in [-0.4, -0.2) is 145 Å². The van der Waals surface area contributed by atoms with Crippen LogP contribution in [0.4, 0.5) is 9.59 Å². The number of rotatable bonds is 10. The van der Waals surface area contributed by atoms with E-state index in [1.807, 2.05) is 38.0 Å². The zero-order valence-corrected chi connectivity index (χ0v) is 32.4. The summed E-state index contributed by atoms with van der Waals surface area (Å²) >= 11 is 23.5. The number of nitrogens with zero attached hydrogens (tertiary/aromatic N) is 4. The molecule has 2 saturated heterocycles. The van der Waals surface area contributed by atoms with E-state index < -0.39 is 30.2 Å². The zero-order valence-electron chi connectivity index (χ0n) is 27.8. The lowest BCUT2D eigenvalue weighted by Gasteiger charge is -2.18. The van der Waals surface area contributed by atoms with Crippen molar-refractivity contribution in [1.29, 1.82) is 0 Å². The van der Waals surface area contributed by atoms with Crippen LogP contribution < -0.4 is 10.6 Å². The van der Waals surface area contributed by atoms with Gasteiger partial charge in [0.25, 0.3) is 0 Å². The molecule has 2 fully saturated rings. The minimum Gasteiger partial charge on any atom is -0.412 e. The first-order valence-corrected chi connectivity index (χ1v) is 19.8. The third kappa shape index (κ3) is 12.0. The largest absolute Gasteiger partial charge is 0.412 e. The second-order valence-corrected chi connectivity index (χ2v) is 18.1. The van der Waals surface area contributed by atoms with Crippen LogP contribution in [0, 0.1) is 0 Å². The summed E-state index contributed by atoms with van der Waals surface area (Å²) in [6.45, 7) is 3.68. The van der Waals surface area contributed by atoms with Gasteiger partial charge in [0.05, 0.1) is 40.4 Å². The maximum absolute atomic E-state index is 12.7. The van der Waals surface area contributed by atoms with Crippen molar-refractivity contribution in [3.63, 3.8) is 0 Å². The Hall–Kier alpha value is -2.08. The predicted octanol–water partition coefficient (Wildman–Crippen LogP) is 3.40. The molecule has 0 aromatic heterocycles. The van der Waals surface area contributed by atoms with Crippen molar-refractivity contribution in [2.45, 2.75) is 33.1 Å². The molecule has 4 N–H and O–H groups in total. The maximum atomic E-state index is 12.7. The van der Waals surface area contributed by atoms with E-state index in [4.69, 9.17) is 46.4 Å².